The number of hydrogen-bond donors (Lipinski definition) is 3. The molecule has 1 fully saturated rings. The van der Waals surface area contributed by atoms with Gasteiger partial charge in [-0.2, -0.15) is 0 Å². The Bertz CT molecular complexity index is 413. The number of aromatic nitrogens is 1. The summed E-state index contributed by atoms with van der Waals surface area (Å²) >= 11 is 1.38. The molecule has 1 aliphatic carbocycles. The van der Waals surface area contributed by atoms with Crippen LogP contribution in [-0.4, -0.2) is 28.1 Å². The lowest BCUT2D eigenvalue weighted by Crippen LogP contribution is -2.47. The van der Waals surface area contributed by atoms with E-state index in [1.807, 2.05) is 6.92 Å². The van der Waals surface area contributed by atoms with Crippen LogP contribution in [0.15, 0.2) is 5.38 Å². The Labute approximate surface area is 104 Å². The molecular weight excluding hydrogens is 238 g/mol. The summed E-state index contributed by atoms with van der Waals surface area (Å²) in [6, 6.07) is -0.155. The first-order valence-corrected chi connectivity index (χ1v) is 6.60. The van der Waals surface area contributed by atoms with Crippen molar-refractivity contribution in [2.75, 3.05) is 6.54 Å². The molecule has 2 rings (SSSR count). The number of thiazole rings is 1. The fourth-order valence-electron chi connectivity index (χ4n) is 1.70. The first-order valence-electron chi connectivity index (χ1n) is 5.72. The lowest BCUT2D eigenvalue weighted by atomic mass is 9.80. The number of amides is 1. The molecule has 4 N–H and O–H groups in total. The number of carbonyl (C=O) groups excluding carboxylic acids is 1. The van der Waals surface area contributed by atoms with Gasteiger partial charge < -0.3 is 16.2 Å². The Hall–Kier alpha value is -0.980. The molecule has 0 aliphatic heterocycles. The Kier molecular flexibility index (Phi) is 3.46. The van der Waals surface area contributed by atoms with Crippen molar-refractivity contribution in [3.63, 3.8) is 0 Å². The van der Waals surface area contributed by atoms with Crippen LogP contribution in [0.3, 0.4) is 0 Å². The summed E-state index contributed by atoms with van der Waals surface area (Å²) in [7, 11) is 0. The van der Waals surface area contributed by atoms with Gasteiger partial charge in [-0.15, -0.1) is 11.3 Å². The van der Waals surface area contributed by atoms with Gasteiger partial charge in [-0.25, -0.2) is 4.98 Å². The smallest absolute Gasteiger partial charge is 0.270 e. The maximum atomic E-state index is 11.7. The Morgan fingerprint density at radius 1 is 1.76 bits per heavy atom. The zero-order valence-corrected chi connectivity index (χ0v) is 10.6. The molecule has 0 saturated heterocycles. The summed E-state index contributed by atoms with van der Waals surface area (Å²) in [4.78, 5) is 15.9. The van der Waals surface area contributed by atoms with Crippen molar-refractivity contribution in [3.05, 3.63) is 16.1 Å². The number of hydrogen-bond acceptors (Lipinski definition) is 5. The standard InChI is InChI=1S/C11H17N3O2S/c1-7(12)10-14-8(5-17-10)9(15)13-6-11(16)3-2-4-11/h5,7,16H,2-4,6,12H2,1H3,(H,13,15). The van der Waals surface area contributed by atoms with E-state index in [2.05, 4.69) is 10.3 Å². The van der Waals surface area contributed by atoms with Gasteiger partial charge in [0.15, 0.2) is 0 Å². The fraction of sp³-hybridized carbons (Fsp3) is 0.636. The second-order valence-corrected chi connectivity index (χ2v) is 5.51. The molecule has 1 saturated carbocycles. The first-order chi connectivity index (χ1) is 8.00. The van der Waals surface area contributed by atoms with E-state index in [9.17, 15) is 9.90 Å². The van der Waals surface area contributed by atoms with Crippen LogP contribution in [0.4, 0.5) is 0 Å². The van der Waals surface area contributed by atoms with Gasteiger partial charge >= 0.3 is 0 Å². The lowest BCUT2D eigenvalue weighted by Gasteiger charge is -2.36. The molecule has 0 radical (unpaired) electrons. The number of nitrogens with two attached hydrogens (primary N) is 1. The van der Waals surface area contributed by atoms with Crippen LogP contribution in [-0.2, 0) is 0 Å². The lowest BCUT2D eigenvalue weighted by molar-refractivity contribution is -0.0300. The first kappa shape index (κ1) is 12.5. The van der Waals surface area contributed by atoms with E-state index < -0.39 is 5.60 Å². The molecule has 94 valence electrons. The predicted molar refractivity (Wildman–Crippen MR) is 65.9 cm³/mol. The largest absolute Gasteiger partial charge is 0.388 e. The summed E-state index contributed by atoms with van der Waals surface area (Å²) in [6.07, 6.45) is 2.54. The zero-order chi connectivity index (χ0) is 12.5. The second kappa shape index (κ2) is 4.72. The van der Waals surface area contributed by atoms with E-state index in [1.165, 1.54) is 11.3 Å². The highest BCUT2D eigenvalue weighted by atomic mass is 32.1. The number of rotatable bonds is 4. The van der Waals surface area contributed by atoms with Crippen LogP contribution < -0.4 is 11.1 Å². The van der Waals surface area contributed by atoms with E-state index in [-0.39, 0.29) is 11.9 Å². The summed E-state index contributed by atoms with van der Waals surface area (Å²) in [5, 5.41) is 15.0. The Morgan fingerprint density at radius 2 is 2.47 bits per heavy atom. The highest BCUT2D eigenvalue weighted by Gasteiger charge is 2.34. The molecule has 1 heterocycles. The number of carbonyl (C=O) groups is 1. The minimum Gasteiger partial charge on any atom is -0.388 e. The van der Waals surface area contributed by atoms with E-state index in [0.29, 0.717) is 12.2 Å². The fourth-order valence-corrected chi connectivity index (χ4v) is 2.46. The van der Waals surface area contributed by atoms with Gasteiger partial charge in [0.1, 0.15) is 10.7 Å². The highest BCUT2D eigenvalue weighted by molar-refractivity contribution is 7.09. The molecule has 0 aromatic carbocycles. The van der Waals surface area contributed by atoms with Crippen LogP contribution >= 0.6 is 11.3 Å². The molecule has 1 atom stereocenters. The normalized spacial score (nSPS) is 19.5. The van der Waals surface area contributed by atoms with Crippen molar-refractivity contribution in [1.29, 1.82) is 0 Å². The molecule has 0 spiro atoms. The van der Waals surface area contributed by atoms with E-state index in [4.69, 9.17) is 5.73 Å². The maximum Gasteiger partial charge on any atom is 0.270 e. The maximum absolute atomic E-state index is 11.7. The Balaban J connectivity index is 1.90. The molecule has 1 unspecified atom stereocenters. The summed E-state index contributed by atoms with van der Waals surface area (Å²) in [5.41, 5.74) is 5.36. The molecule has 1 aromatic rings. The molecular formula is C11H17N3O2S. The third kappa shape index (κ3) is 2.83. The molecule has 5 nitrogen and oxygen atoms in total. The van der Waals surface area contributed by atoms with Gasteiger partial charge in [-0.05, 0) is 26.2 Å². The Morgan fingerprint density at radius 3 is 2.94 bits per heavy atom. The van der Waals surface area contributed by atoms with Gasteiger partial charge in [0, 0.05) is 11.9 Å². The summed E-state index contributed by atoms with van der Waals surface area (Å²) in [5.74, 6) is -0.242. The van der Waals surface area contributed by atoms with Gasteiger partial charge in [0.2, 0.25) is 0 Å². The molecule has 6 heteroatoms. The average Bonchev–Trinajstić information content (AvgIpc) is 2.72. The van der Waals surface area contributed by atoms with Crippen molar-refractivity contribution in [2.24, 2.45) is 5.73 Å². The van der Waals surface area contributed by atoms with Crippen molar-refractivity contribution in [2.45, 2.75) is 37.8 Å². The number of nitrogens with zero attached hydrogens (tertiary/aromatic N) is 1. The van der Waals surface area contributed by atoms with Crippen LogP contribution in [0.1, 0.15) is 47.7 Å². The van der Waals surface area contributed by atoms with Gasteiger partial charge in [-0.1, -0.05) is 0 Å². The van der Waals surface area contributed by atoms with Crippen LogP contribution in [0.2, 0.25) is 0 Å². The van der Waals surface area contributed by atoms with Gasteiger partial charge in [-0.3, -0.25) is 4.79 Å². The predicted octanol–water partition coefficient (Wildman–Crippen LogP) is 0.808. The SMILES string of the molecule is CC(N)c1nc(C(=O)NCC2(O)CCC2)cs1. The van der Waals surface area contributed by atoms with Crippen LogP contribution in [0.5, 0.6) is 0 Å². The monoisotopic (exact) mass is 255 g/mol. The average molecular weight is 255 g/mol. The molecule has 1 amide bonds. The summed E-state index contributed by atoms with van der Waals surface area (Å²) in [6.45, 7) is 2.13. The third-order valence-electron chi connectivity index (χ3n) is 3.01. The minimum atomic E-state index is -0.699. The summed E-state index contributed by atoms with van der Waals surface area (Å²) < 4.78 is 0. The van der Waals surface area contributed by atoms with Gasteiger partial charge in [0.05, 0.1) is 11.6 Å². The van der Waals surface area contributed by atoms with Crippen molar-refractivity contribution in [3.8, 4) is 0 Å². The second-order valence-electron chi connectivity index (χ2n) is 4.62. The molecule has 17 heavy (non-hydrogen) atoms. The van der Waals surface area contributed by atoms with Gasteiger partial charge in [0.25, 0.3) is 5.91 Å². The van der Waals surface area contributed by atoms with E-state index in [0.717, 1.165) is 24.3 Å². The minimum absolute atomic E-state index is 0.155. The molecule has 0 bridgehead atoms. The van der Waals surface area contributed by atoms with Crippen LogP contribution in [0, 0.1) is 0 Å². The zero-order valence-electron chi connectivity index (χ0n) is 9.77. The molecule has 1 aliphatic rings. The van der Waals surface area contributed by atoms with E-state index >= 15 is 0 Å². The van der Waals surface area contributed by atoms with E-state index in [1.54, 1.807) is 5.38 Å². The van der Waals surface area contributed by atoms with Crippen molar-refractivity contribution in [1.82, 2.24) is 10.3 Å². The van der Waals surface area contributed by atoms with Crippen molar-refractivity contribution >= 4 is 17.2 Å². The molecule has 1 aromatic heterocycles. The number of nitrogens with one attached hydrogen (secondary N) is 1. The topological polar surface area (TPSA) is 88.2 Å². The van der Waals surface area contributed by atoms with Crippen molar-refractivity contribution < 1.29 is 9.90 Å². The van der Waals surface area contributed by atoms with Crippen LogP contribution in [0.25, 0.3) is 0 Å². The quantitative estimate of drug-likeness (QED) is 0.743. The highest BCUT2D eigenvalue weighted by Crippen LogP contribution is 2.30. The number of aliphatic hydroxyl groups is 1. The third-order valence-corrected chi connectivity index (χ3v) is 4.05.